The van der Waals surface area contributed by atoms with Crippen LogP contribution in [-0.4, -0.2) is 238 Å². The first-order valence-electron chi connectivity index (χ1n) is 28.3. The van der Waals surface area contributed by atoms with Crippen LogP contribution in [-0.2, 0) is 57.1 Å². The van der Waals surface area contributed by atoms with Crippen molar-refractivity contribution in [2.75, 3.05) is 26.2 Å². The van der Waals surface area contributed by atoms with E-state index in [0.29, 0.717) is 25.7 Å². The predicted molar refractivity (Wildman–Crippen MR) is 282 cm³/mol. The van der Waals surface area contributed by atoms with Crippen LogP contribution in [0.2, 0.25) is 0 Å². The fourth-order valence-corrected chi connectivity index (χ4v) is 10.9. The van der Waals surface area contributed by atoms with Gasteiger partial charge in [-0.2, -0.15) is 0 Å². The molecule has 0 spiro atoms. The Morgan fingerprint density at radius 3 is 0.662 bits per heavy atom. The molecule has 14 rings (SSSR count). The summed E-state index contributed by atoms with van der Waals surface area (Å²) in [5, 5.41) is 106. The van der Waals surface area contributed by atoms with Gasteiger partial charge in [0, 0.05) is 76.0 Å². The highest BCUT2D eigenvalue weighted by molar-refractivity contribution is 5.77. The Kier molecular flexibility index (Phi) is 26.5. The zero-order valence-corrected chi connectivity index (χ0v) is 47.4. The largest absolute Gasteiger partial charge is 0.387 e. The molecule has 464 valence electrons. The minimum absolute atomic E-state index is 0.127. The Morgan fingerprint density at radius 1 is 0.325 bits per heavy atom. The van der Waals surface area contributed by atoms with Crippen LogP contribution in [0.1, 0.15) is 107 Å². The molecule has 14 aliphatic heterocycles. The lowest BCUT2D eigenvalue weighted by molar-refractivity contribution is -0.399. The summed E-state index contributed by atoms with van der Waals surface area (Å²) in [5.74, 6) is -1.51. The molecule has 14 fully saturated rings. The van der Waals surface area contributed by atoms with Crippen LogP contribution in [0, 0.1) is 23.7 Å². The van der Waals surface area contributed by atoms with Crippen molar-refractivity contribution < 1.29 is 97.9 Å². The molecule has 14 saturated heterocycles. The van der Waals surface area contributed by atoms with Gasteiger partial charge in [-0.15, -0.1) is 0 Å². The number of hydrogen-bond acceptors (Lipinski definition) is 24. The van der Waals surface area contributed by atoms with Crippen LogP contribution < -0.4 is 44.2 Å². The summed E-state index contributed by atoms with van der Waals surface area (Å²) in [6, 6.07) is -2.17. The molecule has 0 saturated carbocycles. The number of nitrogens with one attached hydrogen (secondary N) is 4. The lowest BCUT2D eigenvalue weighted by Gasteiger charge is -2.51. The smallest absolute Gasteiger partial charge is 0.221 e. The van der Waals surface area contributed by atoms with Crippen molar-refractivity contribution in [2.24, 2.45) is 46.6 Å². The number of hydrogen-bond donors (Lipinski definition) is 16. The van der Waals surface area contributed by atoms with Gasteiger partial charge in [0.05, 0.1) is 0 Å². The Balaban J connectivity index is 1.57. The van der Waals surface area contributed by atoms with E-state index in [1.54, 1.807) is 0 Å². The van der Waals surface area contributed by atoms with E-state index in [2.05, 4.69) is 21.3 Å². The highest BCUT2D eigenvalue weighted by atomic mass is 16.8. The highest BCUT2D eigenvalue weighted by Crippen LogP contribution is 2.37. The van der Waals surface area contributed by atoms with E-state index in [0.717, 1.165) is 0 Å². The molecule has 28 nitrogen and oxygen atoms in total. The van der Waals surface area contributed by atoms with Gasteiger partial charge in [-0.25, -0.2) is 0 Å². The number of ether oxygens (including phenoxy) is 8. The van der Waals surface area contributed by atoms with Crippen molar-refractivity contribution in [3.63, 3.8) is 0 Å². The van der Waals surface area contributed by atoms with Gasteiger partial charge in [-0.1, -0.05) is 55.4 Å². The zero-order valence-electron chi connectivity index (χ0n) is 47.4. The maximum absolute atomic E-state index is 13.3. The molecule has 28 heteroatoms. The van der Waals surface area contributed by atoms with Gasteiger partial charge < -0.3 is 123 Å². The molecule has 0 aliphatic carbocycles. The number of nitrogens with two attached hydrogens (primary N) is 4. The highest BCUT2D eigenvalue weighted by Gasteiger charge is 2.57. The molecule has 0 unspecified atom stereocenters. The third kappa shape index (κ3) is 19.6. The molecule has 24 atom stereocenters. The van der Waals surface area contributed by atoms with E-state index in [1.807, 2.05) is 55.4 Å². The van der Waals surface area contributed by atoms with Gasteiger partial charge in [0.1, 0.15) is 97.7 Å². The number of carbonyl (C=O) groups excluding carboxylic acids is 4. The maximum atomic E-state index is 13.3. The normalized spacial score (nSPS) is 37.4. The lowest BCUT2D eigenvalue weighted by Crippen LogP contribution is -2.70. The van der Waals surface area contributed by atoms with Gasteiger partial charge in [0.2, 0.25) is 23.6 Å². The molecular formula is C52H96N8O20. The molecule has 14 aliphatic rings. The predicted octanol–water partition coefficient (Wildman–Crippen LogP) is -5.15. The minimum atomic E-state index is -2.09. The first-order chi connectivity index (χ1) is 37.5. The van der Waals surface area contributed by atoms with Crippen LogP contribution >= 0.6 is 0 Å². The molecule has 14 heterocycles. The summed E-state index contributed by atoms with van der Waals surface area (Å²) in [7, 11) is 0. The average Bonchev–Trinajstić information content (AvgIpc) is 3.34. The van der Waals surface area contributed by atoms with Crippen LogP contribution in [0.4, 0.5) is 0 Å². The molecule has 0 aromatic heterocycles. The Hall–Kier alpha value is -2.92. The van der Waals surface area contributed by atoms with Gasteiger partial charge >= 0.3 is 0 Å². The van der Waals surface area contributed by atoms with Gasteiger partial charge in [0.25, 0.3) is 0 Å². The number of rotatable bonds is 24. The van der Waals surface area contributed by atoms with Crippen molar-refractivity contribution in [2.45, 2.75) is 254 Å². The van der Waals surface area contributed by atoms with Crippen LogP contribution in [0.25, 0.3) is 0 Å². The number of carbonyl (C=O) groups is 4. The van der Waals surface area contributed by atoms with E-state index in [9.17, 15) is 60.0 Å². The second-order valence-corrected chi connectivity index (χ2v) is 24.1. The first kappa shape index (κ1) is 67.9. The summed E-state index contributed by atoms with van der Waals surface area (Å²) in [5.41, 5.74) is 25.0. The minimum Gasteiger partial charge on any atom is -0.387 e. The first-order valence-corrected chi connectivity index (χ1v) is 28.3. The molecule has 0 aromatic carbocycles. The molecule has 0 radical (unpaired) electrons. The van der Waals surface area contributed by atoms with Crippen LogP contribution in [0.3, 0.4) is 0 Å². The van der Waals surface area contributed by atoms with Crippen LogP contribution in [0.15, 0.2) is 0 Å². The Labute approximate surface area is 468 Å². The van der Waals surface area contributed by atoms with Crippen LogP contribution in [0.5, 0.6) is 0 Å². The van der Waals surface area contributed by atoms with Gasteiger partial charge in [-0.05, 0) is 49.4 Å². The third-order valence-electron chi connectivity index (χ3n) is 14.6. The lowest BCUT2D eigenvalue weighted by atomic mass is 9.94. The van der Waals surface area contributed by atoms with Crippen molar-refractivity contribution >= 4 is 23.6 Å². The summed E-state index contributed by atoms with van der Waals surface area (Å²) in [6.07, 6.45) is -35.8. The summed E-state index contributed by atoms with van der Waals surface area (Å²) < 4.78 is 49.8. The second kappa shape index (κ2) is 31.3. The fraction of sp³-hybridized carbons (Fsp3) is 0.923. The van der Waals surface area contributed by atoms with E-state index < -0.39 is 197 Å². The summed E-state index contributed by atoms with van der Waals surface area (Å²) in [6.45, 7) is 13.6. The van der Waals surface area contributed by atoms with Gasteiger partial charge in [-0.3, -0.25) is 19.2 Å². The fourth-order valence-electron chi connectivity index (χ4n) is 10.9. The van der Waals surface area contributed by atoms with Crippen molar-refractivity contribution in [3.8, 4) is 0 Å². The quantitative estimate of drug-likeness (QED) is 0.0430. The Morgan fingerprint density at radius 2 is 0.500 bits per heavy atom. The van der Waals surface area contributed by atoms with Crippen molar-refractivity contribution in [3.05, 3.63) is 0 Å². The maximum Gasteiger partial charge on any atom is 0.221 e. The zero-order chi connectivity index (χ0) is 59.4. The number of aliphatic hydroxyl groups is 8. The molecular weight excluding hydrogens is 1060 g/mol. The van der Waals surface area contributed by atoms with Crippen molar-refractivity contribution in [1.29, 1.82) is 0 Å². The number of aliphatic hydroxyl groups excluding tert-OH is 8. The van der Waals surface area contributed by atoms with E-state index in [4.69, 9.17) is 60.8 Å². The standard InChI is InChI=1S/C52H96N8O20/c1-21(2)9-25(53)13-33(61)57-17-29-45-37(65)41(69)49(73-29)78-46-30(18-58-34(62)14-26(54)10-22(3)4)75-51(43(71)39(46)67)80-48-32(20-60-36(64)16-28(56)12-24(7)8)76-52(44(72)40(48)68)79-47-31(74-50(77-45)42(70)38(47)66)19-59-35(63)15-27(55)11-23(5)6/h21-32,37-52,65-72H,9-20,53-56H2,1-8H3,(H,57,61)(H,58,62)(H,59,63)(H,60,64)/t25-,26-,27-,28-,29-,30-,31-,32-,37-,38-,39-,40-,41-,42-,43-,44-,45-,46-,47-,48-,49-,50-,51-,52-/m0/s1. The van der Waals surface area contributed by atoms with E-state index >= 15 is 0 Å². The molecule has 0 aromatic rings. The molecule has 8 bridgehead atoms. The third-order valence-corrected chi connectivity index (χ3v) is 14.6. The topological polar surface area (TPSA) is 456 Å². The van der Waals surface area contributed by atoms with Crippen molar-refractivity contribution in [1.82, 2.24) is 21.3 Å². The Bertz CT molecular complexity index is 1670. The van der Waals surface area contributed by atoms with E-state index in [1.165, 1.54) is 0 Å². The molecule has 80 heavy (non-hydrogen) atoms. The molecule has 20 N–H and O–H groups in total. The average molecular weight is 1150 g/mol. The summed E-state index contributed by atoms with van der Waals surface area (Å²) in [4.78, 5) is 53.3. The monoisotopic (exact) mass is 1150 g/mol. The van der Waals surface area contributed by atoms with E-state index in [-0.39, 0.29) is 49.4 Å². The summed E-state index contributed by atoms with van der Waals surface area (Å²) >= 11 is 0. The number of amides is 4. The van der Waals surface area contributed by atoms with Gasteiger partial charge in [0.15, 0.2) is 25.2 Å². The second-order valence-electron chi connectivity index (χ2n) is 24.1. The SMILES string of the molecule is CC(C)C[C@H](N)CC(=O)NC[C@@H]1O[C@H]2O[C@@H]3[C@@H](O)[C@H](O)[C@H](O[C@@H]4[C@@H](O)[C@H](O)[C@H](O[C@@H]5[C@@H](O)[C@H](O)[C@H](O[C@@H]1[C@@H](O)[C@@H]2O)O[C@H]5CNC(=O)C[C@@H](N)CC(C)C)O[C@H]4CNC(=O)C[C@@H](N)CC(C)C)O[C@H]3CNC(=O)C[C@@H](N)CC(C)C. The molecule has 4 amide bonds.